The third-order valence-corrected chi connectivity index (χ3v) is 2.44. The Balaban J connectivity index is 2.66. The first kappa shape index (κ1) is 10.6. The average molecular weight is 216 g/mol. The van der Waals surface area contributed by atoms with E-state index in [0.29, 0.717) is 23.5 Å². The quantitative estimate of drug-likeness (QED) is 0.762. The van der Waals surface area contributed by atoms with Gasteiger partial charge in [-0.3, -0.25) is 9.59 Å². The molecule has 0 aromatic heterocycles. The van der Waals surface area contributed by atoms with Crippen molar-refractivity contribution in [2.45, 2.75) is 13.8 Å². The second-order valence-corrected chi connectivity index (χ2v) is 3.68. The summed E-state index contributed by atoms with van der Waals surface area (Å²) in [7, 11) is 0. The van der Waals surface area contributed by atoms with E-state index in [-0.39, 0.29) is 11.6 Å². The number of ether oxygens (including phenoxy) is 1. The van der Waals surface area contributed by atoms with Crippen LogP contribution in [0, 0.1) is 6.92 Å². The molecule has 0 fully saturated rings. The van der Waals surface area contributed by atoms with Crippen LogP contribution in [0.2, 0.25) is 0 Å². The van der Waals surface area contributed by atoms with E-state index in [0.717, 1.165) is 5.56 Å². The molecule has 0 N–H and O–H groups in total. The number of ketones is 2. The van der Waals surface area contributed by atoms with Crippen LogP contribution in [0.5, 0.6) is 5.75 Å². The van der Waals surface area contributed by atoms with Crippen molar-refractivity contribution in [3.63, 3.8) is 0 Å². The molecular weight excluding hydrogens is 204 g/mol. The van der Waals surface area contributed by atoms with E-state index in [9.17, 15) is 9.59 Å². The highest BCUT2D eigenvalue weighted by Gasteiger charge is 2.23. The molecule has 82 valence electrons. The van der Waals surface area contributed by atoms with Gasteiger partial charge in [0, 0.05) is 5.56 Å². The van der Waals surface area contributed by atoms with Gasteiger partial charge in [0.05, 0.1) is 12.2 Å². The number of aryl methyl sites for hydroxylation is 1. The largest absolute Gasteiger partial charge is 0.493 e. The second-order valence-electron chi connectivity index (χ2n) is 3.68. The number of benzene rings is 1. The van der Waals surface area contributed by atoms with E-state index < -0.39 is 0 Å². The maximum Gasteiger partial charge on any atom is 0.190 e. The summed E-state index contributed by atoms with van der Waals surface area (Å²) in [6.45, 7) is 4.19. The molecule has 1 aliphatic rings. The zero-order valence-corrected chi connectivity index (χ0v) is 9.24. The van der Waals surface area contributed by atoms with Crippen molar-refractivity contribution in [3.05, 3.63) is 41.0 Å². The third kappa shape index (κ3) is 1.65. The summed E-state index contributed by atoms with van der Waals surface area (Å²) < 4.78 is 5.40. The van der Waals surface area contributed by atoms with Crippen molar-refractivity contribution in [2.75, 3.05) is 6.61 Å². The van der Waals surface area contributed by atoms with E-state index in [1.807, 2.05) is 13.8 Å². The van der Waals surface area contributed by atoms with Crippen LogP contribution < -0.4 is 4.74 Å². The Kier molecular flexibility index (Phi) is 2.60. The molecule has 0 radical (unpaired) electrons. The van der Waals surface area contributed by atoms with Gasteiger partial charge < -0.3 is 4.74 Å². The molecule has 0 saturated carbocycles. The minimum Gasteiger partial charge on any atom is -0.493 e. The molecule has 0 saturated heterocycles. The lowest BCUT2D eigenvalue weighted by Gasteiger charge is -2.15. The third-order valence-electron chi connectivity index (χ3n) is 2.44. The summed E-state index contributed by atoms with van der Waals surface area (Å²) in [4.78, 5) is 23.4. The maximum absolute atomic E-state index is 11.7. The Bertz CT molecular complexity index is 498. The molecule has 3 nitrogen and oxygen atoms in total. The molecule has 1 aromatic carbocycles. The van der Waals surface area contributed by atoms with E-state index in [1.165, 1.54) is 12.2 Å². The average Bonchev–Trinajstić information content (AvgIpc) is 2.23. The first-order valence-electron chi connectivity index (χ1n) is 5.17. The van der Waals surface area contributed by atoms with Gasteiger partial charge in [-0.25, -0.2) is 0 Å². The highest BCUT2D eigenvalue weighted by molar-refractivity contribution is 6.23. The Labute approximate surface area is 93.7 Å². The Morgan fingerprint density at radius 2 is 1.81 bits per heavy atom. The summed E-state index contributed by atoms with van der Waals surface area (Å²) in [5.74, 6) is 0.192. The van der Waals surface area contributed by atoms with Crippen molar-refractivity contribution in [3.8, 4) is 5.75 Å². The maximum atomic E-state index is 11.7. The van der Waals surface area contributed by atoms with Crippen LogP contribution in [0.15, 0.2) is 24.3 Å². The van der Waals surface area contributed by atoms with Crippen molar-refractivity contribution in [1.82, 2.24) is 0 Å². The second kappa shape index (κ2) is 3.93. The van der Waals surface area contributed by atoms with Gasteiger partial charge in [0.15, 0.2) is 11.6 Å². The van der Waals surface area contributed by atoms with Gasteiger partial charge in [-0.05, 0) is 43.7 Å². The first-order chi connectivity index (χ1) is 7.63. The molecule has 0 spiro atoms. The lowest BCUT2D eigenvalue weighted by Crippen LogP contribution is -2.14. The van der Waals surface area contributed by atoms with Crippen molar-refractivity contribution >= 4 is 11.6 Å². The first-order valence-corrected chi connectivity index (χ1v) is 5.17. The summed E-state index contributed by atoms with van der Waals surface area (Å²) in [5.41, 5.74) is 1.74. The monoisotopic (exact) mass is 216 g/mol. The molecule has 0 atom stereocenters. The van der Waals surface area contributed by atoms with Crippen molar-refractivity contribution in [1.29, 1.82) is 0 Å². The fraction of sp³-hybridized carbons (Fsp3) is 0.231. The van der Waals surface area contributed by atoms with Gasteiger partial charge in [-0.2, -0.15) is 0 Å². The molecule has 0 unspecified atom stereocenters. The van der Waals surface area contributed by atoms with Gasteiger partial charge in [0.1, 0.15) is 5.75 Å². The summed E-state index contributed by atoms with van der Waals surface area (Å²) in [6, 6.07) is 3.51. The van der Waals surface area contributed by atoms with Gasteiger partial charge in [-0.15, -0.1) is 0 Å². The van der Waals surface area contributed by atoms with Crippen molar-refractivity contribution in [2.24, 2.45) is 0 Å². The van der Waals surface area contributed by atoms with Gasteiger partial charge in [-0.1, -0.05) is 0 Å². The zero-order valence-electron chi connectivity index (χ0n) is 9.24. The number of allylic oxidation sites excluding steroid dienone is 2. The smallest absolute Gasteiger partial charge is 0.190 e. The van der Waals surface area contributed by atoms with Crippen LogP contribution in [-0.2, 0) is 0 Å². The summed E-state index contributed by atoms with van der Waals surface area (Å²) in [5, 5.41) is 0. The topological polar surface area (TPSA) is 43.4 Å². The summed E-state index contributed by atoms with van der Waals surface area (Å²) >= 11 is 0. The zero-order chi connectivity index (χ0) is 11.7. The normalized spacial score (nSPS) is 13.9. The number of carbonyl (C=O) groups excluding carboxylic acids is 2. The van der Waals surface area contributed by atoms with E-state index >= 15 is 0 Å². The SMILES string of the molecule is CCOc1cc(C)cc2c1C(=O)C=CC2=O. The van der Waals surface area contributed by atoms with Gasteiger partial charge in [0.2, 0.25) is 0 Å². The number of rotatable bonds is 2. The number of hydrogen-bond donors (Lipinski definition) is 0. The fourth-order valence-corrected chi connectivity index (χ4v) is 1.80. The molecule has 0 bridgehead atoms. The minimum atomic E-state index is -0.168. The number of fused-ring (bicyclic) bond motifs is 1. The highest BCUT2D eigenvalue weighted by Crippen LogP contribution is 2.28. The standard InChI is InChI=1S/C13H12O3/c1-3-16-12-7-8(2)6-9-10(14)4-5-11(15)13(9)12/h4-7H,3H2,1-2H3. The summed E-state index contributed by atoms with van der Waals surface area (Å²) in [6.07, 6.45) is 2.60. The van der Waals surface area contributed by atoms with Crippen molar-refractivity contribution < 1.29 is 14.3 Å². The Hall–Kier alpha value is -1.90. The molecule has 3 heteroatoms. The lowest BCUT2D eigenvalue weighted by molar-refractivity contribution is 0.0991. The minimum absolute atomic E-state index is 0.140. The fourth-order valence-electron chi connectivity index (χ4n) is 1.80. The Morgan fingerprint density at radius 1 is 1.12 bits per heavy atom. The lowest BCUT2D eigenvalue weighted by atomic mass is 9.92. The van der Waals surface area contributed by atoms with Gasteiger partial charge >= 0.3 is 0 Å². The predicted molar refractivity (Wildman–Crippen MR) is 60.1 cm³/mol. The van der Waals surface area contributed by atoms with Crippen LogP contribution >= 0.6 is 0 Å². The highest BCUT2D eigenvalue weighted by atomic mass is 16.5. The van der Waals surface area contributed by atoms with Crippen LogP contribution in [0.25, 0.3) is 0 Å². The van der Waals surface area contributed by atoms with Crippen LogP contribution in [0.1, 0.15) is 33.2 Å². The van der Waals surface area contributed by atoms with Crippen LogP contribution in [-0.4, -0.2) is 18.2 Å². The molecule has 1 aromatic rings. The molecule has 16 heavy (non-hydrogen) atoms. The molecule has 2 rings (SSSR count). The number of hydrogen-bond acceptors (Lipinski definition) is 3. The number of carbonyl (C=O) groups is 2. The van der Waals surface area contributed by atoms with E-state index in [4.69, 9.17) is 4.74 Å². The molecular formula is C13H12O3. The molecule has 0 aliphatic heterocycles. The molecule has 0 amide bonds. The van der Waals surface area contributed by atoms with Crippen LogP contribution in [0.3, 0.4) is 0 Å². The molecule has 1 aliphatic carbocycles. The molecule has 0 heterocycles. The van der Waals surface area contributed by atoms with E-state index in [1.54, 1.807) is 12.1 Å². The van der Waals surface area contributed by atoms with Crippen LogP contribution in [0.4, 0.5) is 0 Å². The van der Waals surface area contributed by atoms with E-state index in [2.05, 4.69) is 0 Å². The van der Waals surface area contributed by atoms with Gasteiger partial charge in [0.25, 0.3) is 0 Å². The predicted octanol–water partition coefficient (Wildman–Crippen LogP) is 2.33. The Morgan fingerprint density at radius 3 is 2.50 bits per heavy atom.